The molecule has 1 fully saturated rings. The molecule has 0 bridgehead atoms. The largest absolute Gasteiger partial charge is 0.497 e. The fourth-order valence-electron chi connectivity index (χ4n) is 3.63. The molecule has 4 rings (SSSR count). The first kappa shape index (κ1) is 24.1. The van der Waals surface area contributed by atoms with Gasteiger partial charge < -0.3 is 14.4 Å². The molecule has 7 nitrogen and oxygen atoms in total. The quantitative estimate of drug-likeness (QED) is 0.448. The Labute approximate surface area is 207 Å². The predicted octanol–water partition coefficient (Wildman–Crippen LogP) is 4.57. The summed E-state index contributed by atoms with van der Waals surface area (Å²) >= 11 is 13.7. The second-order valence-electron chi connectivity index (χ2n) is 7.48. The number of aromatic nitrogens is 1. The molecule has 1 aliphatic rings. The van der Waals surface area contributed by atoms with Crippen molar-refractivity contribution in [3.8, 4) is 11.5 Å². The topological polar surface area (TPSA) is 72.0 Å². The van der Waals surface area contributed by atoms with E-state index >= 15 is 0 Å². The van der Waals surface area contributed by atoms with Crippen LogP contribution in [0, 0.1) is 0 Å². The summed E-state index contributed by atoms with van der Waals surface area (Å²) in [4.78, 5) is 6.91. The van der Waals surface area contributed by atoms with Gasteiger partial charge in [-0.3, -0.25) is 0 Å². The van der Waals surface area contributed by atoms with E-state index in [0.717, 1.165) is 27.9 Å². The number of benzene rings is 2. The first-order valence-corrected chi connectivity index (χ1v) is 13.2. The van der Waals surface area contributed by atoms with E-state index < -0.39 is 10.0 Å². The molecule has 0 atom stereocenters. The van der Waals surface area contributed by atoms with Crippen LogP contribution in [0.4, 0.5) is 5.13 Å². The number of ether oxygens (including phenoxy) is 2. The van der Waals surface area contributed by atoms with Crippen molar-refractivity contribution >= 4 is 49.7 Å². The minimum atomic E-state index is -3.72. The lowest BCUT2D eigenvalue weighted by Crippen LogP contribution is -2.48. The molecule has 0 amide bonds. The number of nitrogens with zero attached hydrogens (tertiary/aromatic N) is 3. The third kappa shape index (κ3) is 5.38. The van der Waals surface area contributed by atoms with E-state index in [4.69, 9.17) is 37.7 Å². The van der Waals surface area contributed by atoms with Gasteiger partial charge in [0, 0.05) is 49.1 Å². The number of hydrogen-bond donors (Lipinski definition) is 0. The van der Waals surface area contributed by atoms with Gasteiger partial charge in [0.25, 0.3) is 0 Å². The SMILES string of the molecule is COc1cc(Cc2csc(N3CCN(S(=O)(=O)c4cc(Cl)ccc4Cl)CC3)n2)cc(OC)c1. The van der Waals surface area contributed by atoms with Crippen LogP contribution in [0.5, 0.6) is 11.5 Å². The second-order valence-corrected chi connectivity index (χ2v) is 11.1. The Balaban J connectivity index is 1.43. The minimum absolute atomic E-state index is 0.0374. The van der Waals surface area contributed by atoms with E-state index in [1.54, 1.807) is 31.6 Å². The fourth-order valence-corrected chi connectivity index (χ4v) is 6.67. The Morgan fingerprint density at radius 1 is 1.00 bits per heavy atom. The molecule has 176 valence electrons. The Morgan fingerprint density at radius 2 is 1.67 bits per heavy atom. The Bertz CT molecular complexity index is 1220. The molecule has 3 aromatic rings. The van der Waals surface area contributed by atoms with Gasteiger partial charge in [-0.05, 0) is 35.9 Å². The lowest BCUT2D eigenvalue weighted by Gasteiger charge is -2.34. The summed E-state index contributed by atoms with van der Waals surface area (Å²) in [5, 5.41) is 3.40. The standard InChI is InChI=1S/C22H23Cl2N3O4S2/c1-30-18-10-15(11-19(13-18)31-2)9-17-14-32-22(25-17)26-5-7-27(8-6-26)33(28,29)21-12-16(23)3-4-20(21)24/h3-4,10-14H,5-9H2,1-2H3. The predicted molar refractivity (Wildman–Crippen MR) is 132 cm³/mol. The van der Waals surface area contributed by atoms with Gasteiger partial charge in [0.15, 0.2) is 5.13 Å². The maximum Gasteiger partial charge on any atom is 0.244 e. The third-order valence-electron chi connectivity index (χ3n) is 5.36. The molecule has 1 aromatic heterocycles. The van der Waals surface area contributed by atoms with Gasteiger partial charge in [-0.25, -0.2) is 13.4 Å². The lowest BCUT2D eigenvalue weighted by atomic mass is 10.1. The maximum absolute atomic E-state index is 13.0. The lowest BCUT2D eigenvalue weighted by molar-refractivity contribution is 0.384. The van der Waals surface area contributed by atoms with Crippen molar-refractivity contribution < 1.29 is 17.9 Å². The van der Waals surface area contributed by atoms with E-state index in [1.807, 2.05) is 23.6 Å². The molecule has 1 aliphatic heterocycles. The Kier molecular flexibility index (Phi) is 7.35. The van der Waals surface area contributed by atoms with Crippen molar-refractivity contribution in [2.75, 3.05) is 45.3 Å². The van der Waals surface area contributed by atoms with Gasteiger partial charge >= 0.3 is 0 Å². The summed E-state index contributed by atoms with van der Waals surface area (Å²) in [6.07, 6.45) is 0.645. The highest BCUT2D eigenvalue weighted by atomic mass is 35.5. The number of hydrogen-bond acceptors (Lipinski definition) is 7. The highest BCUT2D eigenvalue weighted by Crippen LogP contribution is 2.30. The molecule has 0 radical (unpaired) electrons. The van der Waals surface area contributed by atoms with Crippen LogP contribution >= 0.6 is 34.5 Å². The van der Waals surface area contributed by atoms with E-state index in [2.05, 4.69) is 4.90 Å². The summed E-state index contributed by atoms with van der Waals surface area (Å²) in [5.74, 6) is 1.47. The number of anilines is 1. The van der Waals surface area contributed by atoms with Crippen LogP contribution in [0.2, 0.25) is 10.0 Å². The number of thiazole rings is 1. The normalized spacial score (nSPS) is 15.0. The average Bonchev–Trinajstić information content (AvgIpc) is 3.28. The molecule has 0 spiro atoms. The van der Waals surface area contributed by atoms with Crippen molar-refractivity contribution in [2.45, 2.75) is 11.3 Å². The van der Waals surface area contributed by atoms with Crippen LogP contribution in [-0.2, 0) is 16.4 Å². The molecular weight excluding hydrogens is 505 g/mol. The van der Waals surface area contributed by atoms with Gasteiger partial charge in [-0.1, -0.05) is 23.2 Å². The molecular formula is C22H23Cl2N3O4S2. The highest BCUT2D eigenvalue weighted by Gasteiger charge is 2.31. The maximum atomic E-state index is 13.0. The van der Waals surface area contributed by atoms with Gasteiger partial charge in [0.2, 0.25) is 10.0 Å². The van der Waals surface area contributed by atoms with Gasteiger partial charge in [-0.15, -0.1) is 11.3 Å². The third-order valence-corrected chi connectivity index (χ3v) is 8.92. The van der Waals surface area contributed by atoms with Crippen LogP contribution in [0.15, 0.2) is 46.7 Å². The number of methoxy groups -OCH3 is 2. The van der Waals surface area contributed by atoms with E-state index in [0.29, 0.717) is 37.6 Å². The zero-order valence-corrected chi connectivity index (χ0v) is 21.3. The molecule has 2 heterocycles. The highest BCUT2D eigenvalue weighted by molar-refractivity contribution is 7.89. The van der Waals surface area contributed by atoms with Gasteiger partial charge in [0.1, 0.15) is 16.4 Å². The van der Waals surface area contributed by atoms with Crippen molar-refractivity contribution in [2.24, 2.45) is 0 Å². The van der Waals surface area contributed by atoms with E-state index in [-0.39, 0.29) is 9.92 Å². The summed E-state index contributed by atoms with van der Waals surface area (Å²) in [7, 11) is -0.471. The number of rotatable bonds is 7. The molecule has 33 heavy (non-hydrogen) atoms. The monoisotopic (exact) mass is 527 g/mol. The fraction of sp³-hybridized carbons (Fsp3) is 0.318. The molecule has 0 unspecified atom stereocenters. The Hall–Kier alpha value is -2.04. The molecule has 0 aliphatic carbocycles. The van der Waals surface area contributed by atoms with Crippen molar-refractivity contribution in [1.82, 2.24) is 9.29 Å². The molecule has 2 aromatic carbocycles. The first-order chi connectivity index (χ1) is 15.8. The minimum Gasteiger partial charge on any atom is -0.497 e. The van der Waals surface area contributed by atoms with Crippen LogP contribution < -0.4 is 14.4 Å². The van der Waals surface area contributed by atoms with Crippen LogP contribution in [0.1, 0.15) is 11.3 Å². The molecule has 0 saturated carbocycles. The van der Waals surface area contributed by atoms with Crippen molar-refractivity contribution in [1.29, 1.82) is 0 Å². The number of piperazine rings is 1. The molecule has 0 N–H and O–H groups in total. The van der Waals surface area contributed by atoms with Crippen molar-refractivity contribution in [3.63, 3.8) is 0 Å². The van der Waals surface area contributed by atoms with Gasteiger partial charge in [0.05, 0.1) is 24.9 Å². The van der Waals surface area contributed by atoms with Crippen LogP contribution in [-0.4, -0.2) is 58.1 Å². The molecule has 1 saturated heterocycles. The second kappa shape index (κ2) is 10.1. The smallest absolute Gasteiger partial charge is 0.244 e. The summed E-state index contributed by atoms with van der Waals surface area (Å²) in [6, 6.07) is 10.2. The van der Waals surface area contributed by atoms with Crippen LogP contribution in [0.3, 0.4) is 0 Å². The Morgan fingerprint density at radius 3 is 2.30 bits per heavy atom. The molecule has 11 heteroatoms. The van der Waals surface area contributed by atoms with Gasteiger partial charge in [-0.2, -0.15) is 4.31 Å². The zero-order valence-electron chi connectivity index (χ0n) is 18.1. The van der Waals surface area contributed by atoms with E-state index in [9.17, 15) is 8.42 Å². The zero-order chi connectivity index (χ0) is 23.6. The first-order valence-electron chi connectivity index (χ1n) is 10.2. The van der Waals surface area contributed by atoms with E-state index in [1.165, 1.54) is 16.4 Å². The summed E-state index contributed by atoms with van der Waals surface area (Å²) in [5.41, 5.74) is 1.98. The summed E-state index contributed by atoms with van der Waals surface area (Å²) < 4.78 is 38.2. The van der Waals surface area contributed by atoms with Crippen molar-refractivity contribution in [3.05, 3.63) is 63.1 Å². The number of sulfonamides is 1. The number of halogens is 2. The summed E-state index contributed by atoms with van der Waals surface area (Å²) in [6.45, 7) is 1.76. The van der Waals surface area contributed by atoms with Crippen LogP contribution in [0.25, 0.3) is 0 Å². The average molecular weight is 528 g/mol.